The fraction of sp³-hybridized carbons (Fsp3) is 0.615. The molecule has 0 aromatic carbocycles. The zero-order valence-electron chi connectivity index (χ0n) is 11.2. The minimum Gasteiger partial charge on any atom is -0.481 e. The van der Waals surface area contributed by atoms with Crippen molar-refractivity contribution in [3.8, 4) is 5.88 Å². The molecule has 6 heteroatoms. The summed E-state index contributed by atoms with van der Waals surface area (Å²) in [6.07, 6.45) is 4.08. The number of aromatic nitrogens is 2. The lowest BCUT2D eigenvalue weighted by Crippen LogP contribution is -2.47. The average molecular weight is 265 g/mol. The molecule has 0 saturated carbocycles. The molecule has 0 bridgehead atoms. The molecule has 0 spiro atoms. The Kier molecular flexibility index (Phi) is 4.19. The van der Waals surface area contributed by atoms with Gasteiger partial charge in [0, 0.05) is 12.6 Å². The van der Waals surface area contributed by atoms with Gasteiger partial charge in [-0.2, -0.15) is 0 Å². The van der Waals surface area contributed by atoms with Gasteiger partial charge in [0.15, 0.2) is 0 Å². The van der Waals surface area contributed by atoms with E-state index in [9.17, 15) is 9.90 Å². The summed E-state index contributed by atoms with van der Waals surface area (Å²) >= 11 is 0. The van der Waals surface area contributed by atoms with E-state index in [4.69, 9.17) is 4.74 Å². The first-order valence-electron chi connectivity index (χ1n) is 6.51. The maximum atomic E-state index is 11.4. The Morgan fingerprint density at radius 1 is 1.58 bits per heavy atom. The summed E-state index contributed by atoms with van der Waals surface area (Å²) in [7, 11) is 1.53. The van der Waals surface area contributed by atoms with Crippen molar-refractivity contribution in [2.45, 2.75) is 32.2 Å². The average Bonchev–Trinajstić information content (AvgIpc) is 2.46. The number of methoxy groups -OCH3 is 1. The highest BCUT2D eigenvalue weighted by atomic mass is 16.5. The van der Waals surface area contributed by atoms with Gasteiger partial charge in [-0.3, -0.25) is 0 Å². The Morgan fingerprint density at radius 3 is 3.00 bits per heavy atom. The van der Waals surface area contributed by atoms with Crippen LogP contribution in [0.3, 0.4) is 0 Å². The van der Waals surface area contributed by atoms with Gasteiger partial charge in [0.2, 0.25) is 5.88 Å². The number of piperidine rings is 1. The lowest BCUT2D eigenvalue weighted by molar-refractivity contribution is -0.139. The summed E-state index contributed by atoms with van der Waals surface area (Å²) in [6.45, 7) is 2.81. The van der Waals surface area contributed by atoms with Crippen molar-refractivity contribution < 1.29 is 14.6 Å². The Morgan fingerprint density at radius 2 is 2.37 bits per heavy atom. The standard InChI is InChI=1S/C13H19N3O3/c1-3-9-4-5-16(10(6-9)13(17)18)11-7-12(19-2)15-8-14-11/h7-10H,3-6H2,1-2H3,(H,17,18). The largest absolute Gasteiger partial charge is 0.481 e. The molecular weight excluding hydrogens is 246 g/mol. The molecule has 6 nitrogen and oxygen atoms in total. The minimum absolute atomic E-state index is 0.451. The number of hydrogen-bond donors (Lipinski definition) is 1. The number of carbonyl (C=O) groups is 1. The smallest absolute Gasteiger partial charge is 0.326 e. The third kappa shape index (κ3) is 2.94. The number of hydrogen-bond acceptors (Lipinski definition) is 5. The lowest BCUT2D eigenvalue weighted by atomic mass is 9.89. The Balaban J connectivity index is 2.23. The molecule has 0 radical (unpaired) electrons. The van der Waals surface area contributed by atoms with Crippen molar-refractivity contribution in [2.75, 3.05) is 18.6 Å². The van der Waals surface area contributed by atoms with E-state index in [1.807, 2.05) is 4.90 Å². The van der Waals surface area contributed by atoms with E-state index in [0.717, 1.165) is 12.8 Å². The van der Waals surface area contributed by atoms with Crippen LogP contribution in [0.4, 0.5) is 5.82 Å². The zero-order valence-corrected chi connectivity index (χ0v) is 11.2. The fourth-order valence-corrected chi connectivity index (χ4v) is 2.52. The highest BCUT2D eigenvalue weighted by Gasteiger charge is 2.33. The Labute approximate surface area is 112 Å². The molecule has 0 amide bonds. The molecule has 0 aliphatic carbocycles. The van der Waals surface area contributed by atoms with Crippen molar-refractivity contribution in [3.63, 3.8) is 0 Å². The quantitative estimate of drug-likeness (QED) is 0.890. The molecule has 1 N–H and O–H groups in total. The molecule has 19 heavy (non-hydrogen) atoms. The number of carboxylic acids is 1. The molecular formula is C13H19N3O3. The Bertz CT molecular complexity index is 453. The minimum atomic E-state index is -0.796. The van der Waals surface area contributed by atoms with Crippen LogP contribution in [0.5, 0.6) is 5.88 Å². The van der Waals surface area contributed by atoms with Crippen LogP contribution in [-0.4, -0.2) is 40.7 Å². The maximum Gasteiger partial charge on any atom is 0.326 e. The summed E-state index contributed by atoms with van der Waals surface area (Å²) in [5.41, 5.74) is 0. The van der Waals surface area contributed by atoms with Gasteiger partial charge in [-0.15, -0.1) is 0 Å². The highest BCUT2D eigenvalue weighted by molar-refractivity contribution is 5.78. The van der Waals surface area contributed by atoms with Crippen molar-refractivity contribution >= 4 is 11.8 Å². The number of aliphatic carboxylic acids is 1. The van der Waals surface area contributed by atoms with Crippen LogP contribution in [0.25, 0.3) is 0 Å². The third-order valence-corrected chi connectivity index (χ3v) is 3.70. The number of ether oxygens (including phenoxy) is 1. The predicted molar refractivity (Wildman–Crippen MR) is 70.4 cm³/mol. The van der Waals surface area contributed by atoms with Gasteiger partial charge in [0.25, 0.3) is 0 Å². The van der Waals surface area contributed by atoms with E-state index in [1.165, 1.54) is 13.4 Å². The number of anilines is 1. The maximum absolute atomic E-state index is 11.4. The van der Waals surface area contributed by atoms with Crippen molar-refractivity contribution in [2.24, 2.45) is 5.92 Å². The summed E-state index contributed by atoms with van der Waals surface area (Å²) in [6, 6.07) is 1.17. The molecule has 2 rings (SSSR count). The summed E-state index contributed by atoms with van der Waals surface area (Å²) < 4.78 is 5.06. The van der Waals surface area contributed by atoms with Crippen LogP contribution in [0, 0.1) is 5.92 Å². The van der Waals surface area contributed by atoms with E-state index < -0.39 is 12.0 Å². The first-order valence-corrected chi connectivity index (χ1v) is 6.51. The summed E-state index contributed by atoms with van der Waals surface area (Å²) in [4.78, 5) is 21.4. The topological polar surface area (TPSA) is 75.5 Å². The molecule has 2 unspecified atom stereocenters. The monoisotopic (exact) mass is 265 g/mol. The summed E-state index contributed by atoms with van der Waals surface area (Å²) in [5, 5.41) is 9.39. The number of rotatable bonds is 4. The van der Waals surface area contributed by atoms with Crippen LogP contribution in [-0.2, 0) is 4.79 Å². The van der Waals surface area contributed by atoms with Gasteiger partial charge >= 0.3 is 5.97 Å². The molecule has 2 atom stereocenters. The van der Waals surface area contributed by atoms with Gasteiger partial charge in [-0.05, 0) is 18.8 Å². The van der Waals surface area contributed by atoms with Gasteiger partial charge in [0.05, 0.1) is 7.11 Å². The normalized spacial score (nSPS) is 23.2. The second-order valence-electron chi connectivity index (χ2n) is 4.76. The van der Waals surface area contributed by atoms with Gasteiger partial charge in [0.1, 0.15) is 18.2 Å². The number of nitrogens with zero attached hydrogens (tertiary/aromatic N) is 3. The SMILES string of the molecule is CCC1CCN(c2cc(OC)ncn2)C(C(=O)O)C1. The van der Waals surface area contributed by atoms with Crippen LogP contribution < -0.4 is 9.64 Å². The second-order valence-corrected chi connectivity index (χ2v) is 4.76. The van der Waals surface area contributed by atoms with E-state index in [-0.39, 0.29) is 0 Å². The van der Waals surface area contributed by atoms with Gasteiger partial charge in [-0.1, -0.05) is 13.3 Å². The molecule has 1 saturated heterocycles. The molecule has 1 aromatic heterocycles. The van der Waals surface area contributed by atoms with Crippen LogP contribution in [0.2, 0.25) is 0 Å². The molecule has 1 aliphatic heterocycles. The molecule has 1 aromatic rings. The molecule has 1 fully saturated rings. The molecule has 104 valence electrons. The van der Waals surface area contributed by atoms with Crippen LogP contribution in [0.15, 0.2) is 12.4 Å². The lowest BCUT2D eigenvalue weighted by Gasteiger charge is -2.37. The van der Waals surface area contributed by atoms with E-state index >= 15 is 0 Å². The first-order chi connectivity index (χ1) is 9.15. The van der Waals surface area contributed by atoms with E-state index in [0.29, 0.717) is 30.6 Å². The fourth-order valence-electron chi connectivity index (χ4n) is 2.52. The van der Waals surface area contributed by atoms with Crippen LogP contribution in [0.1, 0.15) is 26.2 Å². The van der Waals surface area contributed by atoms with E-state index in [2.05, 4.69) is 16.9 Å². The Hall–Kier alpha value is -1.85. The number of carboxylic acid groups (broad SMARTS) is 1. The highest BCUT2D eigenvalue weighted by Crippen LogP contribution is 2.29. The van der Waals surface area contributed by atoms with Crippen molar-refractivity contribution in [1.82, 2.24) is 9.97 Å². The zero-order chi connectivity index (χ0) is 13.8. The van der Waals surface area contributed by atoms with Crippen LogP contribution >= 0.6 is 0 Å². The van der Waals surface area contributed by atoms with Gasteiger partial charge in [-0.25, -0.2) is 14.8 Å². The summed E-state index contributed by atoms with van der Waals surface area (Å²) in [5.74, 6) is 0.748. The first kappa shape index (κ1) is 13.6. The van der Waals surface area contributed by atoms with E-state index in [1.54, 1.807) is 6.07 Å². The third-order valence-electron chi connectivity index (χ3n) is 3.70. The molecule has 2 heterocycles. The van der Waals surface area contributed by atoms with Crippen molar-refractivity contribution in [3.05, 3.63) is 12.4 Å². The van der Waals surface area contributed by atoms with Crippen molar-refractivity contribution in [1.29, 1.82) is 0 Å². The second kappa shape index (κ2) is 5.86. The van der Waals surface area contributed by atoms with Gasteiger partial charge < -0.3 is 14.7 Å². The molecule has 1 aliphatic rings. The predicted octanol–water partition coefficient (Wildman–Crippen LogP) is 1.56.